The van der Waals surface area contributed by atoms with Gasteiger partial charge in [0, 0.05) is 16.9 Å². The third-order valence-electron chi connectivity index (χ3n) is 2.83. The zero-order chi connectivity index (χ0) is 14.5. The minimum absolute atomic E-state index is 0.418. The normalized spacial score (nSPS) is 11.2. The van der Waals surface area contributed by atoms with Crippen molar-refractivity contribution >= 4 is 40.3 Å². The summed E-state index contributed by atoms with van der Waals surface area (Å²) in [5.74, 6) is 0. The van der Waals surface area contributed by atoms with Gasteiger partial charge in [-0.05, 0) is 55.9 Å². The first kappa shape index (κ1) is 14.6. The number of anilines is 1. The van der Waals surface area contributed by atoms with Crippen molar-refractivity contribution < 1.29 is 0 Å². The second-order valence-corrected chi connectivity index (χ2v) is 5.07. The predicted octanol–water partition coefficient (Wildman–Crippen LogP) is 3.69. The summed E-state index contributed by atoms with van der Waals surface area (Å²) < 4.78 is 0. The van der Waals surface area contributed by atoms with Gasteiger partial charge in [-0.1, -0.05) is 17.7 Å². The maximum absolute atomic E-state index is 6.06. The van der Waals surface area contributed by atoms with Crippen molar-refractivity contribution in [1.29, 1.82) is 0 Å². The van der Waals surface area contributed by atoms with Crippen LogP contribution in [0.2, 0.25) is 5.02 Å². The maximum Gasteiger partial charge on any atom is 0.191 e. The number of aromatic nitrogens is 1. The third kappa shape index (κ3) is 3.59. The lowest BCUT2D eigenvalue weighted by Crippen LogP contribution is -2.25. The molecule has 2 aromatic rings. The van der Waals surface area contributed by atoms with E-state index in [0.29, 0.717) is 10.1 Å². The van der Waals surface area contributed by atoms with Gasteiger partial charge in [0.15, 0.2) is 5.11 Å². The Bertz CT molecular complexity index is 635. The highest BCUT2D eigenvalue weighted by molar-refractivity contribution is 7.80. The number of nitrogens with zero attached hydrogens (tertiary/aromatic N) is 1. The number of thiocarbonyl (C=S) groups is 1. The molecular formula is C14H15ClN4S. The van der Waals surface area contributed by atoms with E-state index in [-0.39, 0.29) is 0 Å². The Morgan fingerprint density at radius 3 is 2.80 bits per heavy atom. The van der Waals surface area contributed by atoms with Crippen LogP contribution >= 0.6 is 23.8 Å². The second kappa shape index (κ2) is 6.54. The third-order valence-corrected chi connectivity index (χ3v) is 3.43. The summed E-state index contributed by atoms with van der Waals surface area (Å²) in [6.45, 7) is 3.83. The number of hydrogen-bond donors (Lipinski definition) is 3. The monoisotopic (exact) mass is 306 g/mol. The molecule has 4 nitrogen and oxygen atoms in total. The molecule has 104 valence electrons. The molecule has 0 radical (unpaired) electrons. The smallest absolute Gasteiger partial charge is 0.191 e. The molecule has 2 rings (SSSR count). The van der Waals surface area contributed by atoms with Gasteiger partial charge in [0.05, 0.1) is 11.4 Å². The topological polar surface area (TPSA) is 52.2 Å². The Balaban J connectivity index is 1.99. The lowest BCUT2D eigenvalue weighted by molar-refractivity contribution is 1.03. The molecule has 0 atom stereocenters. The van der Waals surface area contributed by atoms with E-state index < -0.39 is 0 Å². The molecule has 0 aliphatic carbocycles. The number of hydrogen-bond acceptors (Lipinski definition) is 2. The van der Waals surface area contributed by atoms with Crippen molar-refractivity contribution in [3.8, 4) is 0 Å². The first-order valence-corrected chi connectivity index (χ1v) is 6.86. The lowest BCUT2D eigenvalue weighted by atomic mass is 10.2. The Morgan fingerprint density at radius 2 is 2.10 bits per heavy atom. The van der Waals surface area contributed by atoms with E-state index in [2.05, 4.69) is 20.8 Å². The number of halogens is 1. The van der Waals surface area contributed by atoms with E-state index in [0.717, 1.165) is 22.7 Å². The summed E-state index contributed by atoms with van der Waals surface area (Å²) in [7, 11) is 0. The fourth-order valence-corrected chi connectivity index (χ4v) is 1.97. The quantitative estimate of drug-likeness (QED) is 0.460. The molecule has 0 fully saturated rings. The molecule has 1 heterocycles. The summed E-state index contributed by atoms with van der Waals surface area (Å²) in [4.78, 5) is 3.08. The molecule has 0 aliphatic heterocycles. The molecule has 0 unspecified atom stereocenters. The van der Waals surface area contributed by atoms with Gasteiger partial charge in [0.2, 0.25) is 0 Å². The van der Waals surface area contributed by atoms with E-state index in [1.165, 1.54) is 0 Å². The fourth-order valence-electron chi connectivity index (χ4n) is 1.64. The van der Waals surface area contributed by atoms with Crippen LogP contribution in [-0.2, 0) is 0 Å². The molecule has 20 heavy (non-hydrogen) atoms. The molecule has 0 amide bonds. The van der Waals surface area contributed by atoms with Crippen LogP contribution < -0.4 is 10.7 Å². The summed E-state index contributed by atoms with van der Waals surface area (Å²) >= 11 is 11.3. The van der Waals surface area contributed by atoms with E-state index >= 15 is 0 Å². The highest BCUT2D eigenvalue weighted by Gasteiger charge is 2.04. The van der Waals surface area contributed by atoms with Gasteiger partial charge < -0.3 is 10.3 Å². The molecule has 1 aromatic heterocycles. The molecule has 0 spiro atoms. The van der Waals surface area contributed by atoms with Crippen molar-refractivity contribution in [1.82, 2.24) is 10.4 Å². The zero-order valence-corrected chi connectivity index (χ0v) is 12.8. The summed E-state index contributed by atoms with van der Waals surface area (Å²) in [5, 5.41) is 8.40. The van der Waals surface area contributed by atoms with Crippen LogP contribution in [0, 0.1) is 6.92 Å². The van der Waals surface area contributed by atoms with E-state index in [1.54, 1.807) is 0 Å². The van der Waals surface area contributed by atoms with Gasteiger partial charge >= 0.3 is 0 Å². The van der Waals surface area contributed by atoms with Crippen LogP contribution in [0.3, 0.4) is 0 Å². The van der Waals surface area contributed by atoms with Gasteiger partial charge in [0.25, 0.3) is 0 Å². The molecule has 6 heteroatoms. The Morgan fingerprint density at radius 1 is 1.30 bits per heavy atom. The van der Waals surface area contributed by atoms with Gasteiger partial charge in [-0.3, -0.25) is 5.43 Å². The van der Waals surface area contributed by atoms with Gasteiger partial charge in [-0.2, -0.15) is 5.10 Å². The van der Waals surface area contributed by atoms with E-state index in [9.17, 15) is 0 Å². The van der Waals surface area contributed by atoms with Gasteiger partial charge in [-0.25, -0.2) is 0 Å². The van der Waals surface area contributed by atoms with Crippen molar-refractivity contribution in [2.75, 3.05) is 5.32 Å². The average molecular weight is 307 g/mol. The number of rotatable bonds is 3. The fraction of sp³-hybridized carbons (Fsp3) is 0.143. The van der Waals surface area contributed by atoms with E-state index in [4.69, 9.17) is 23.8 Å². The summed E-state index contributed by atoms with van der Waals surface area (Å²) in [6.07, 6.45) is 1.85. The first-order chi connectivity index (χ1) is 9.58. The average Bonchev–Trinajstić information content (AvgIpc) is 2.95. The maximum atomic E-state index is 6.06. The van der Waals surface area contributed by atoms with Crippen LogP contribution in [0.15, 0.2) is 41.6 Å². The second-order valence-electron chi connectivity index (χ2n) is 4.26. The number of nitrogens with one attached hydrogen (secondary N) is 3. The summed E-state index contributed by atoms with van der Waals surface area (Å²) in [5.41, 5.74) is 6.39. The van der Waals surface area contributed by atoms with Crippen molar-refractivity contribution in [2.45, 2.75) is 13.8 Å². The largest absolute Gasteiger partial charge is 0.360 e. The number of hydrazone groups is 1. The molecule has 0 bridgehead atoms. The highest BCUT2D eigenvalue weighted by atomic mass is 35.5. The number of H-pyrrole nitrogens is 1. The van der Waals surface area contributed by atoms with E-state index in [1.807, 2.05) is 50.4 Å². The number of benzene rings is 1. The standard InChI is InChI=1S/C14H15ClN4S/c1-9-11(15)5-3-6-12(9)17-14(20)19-18-10(2)13-7-4-8-16-13/h3-8,16H,1-2H3,(H2,17,19,20)/b18-10+. The predicted molar refractivity (Wildman–Crippen MR) is 88.5 cm³/mol. The van der Waals surface area contributed by atoms with Crippen LogP contribution in [0.1, 0.15) is 18.2 Å². The highest BCUT2D eigenvalue weighted by Crippen LogP contribution is 2.22. The molecular weight excluding hydrogens is 292 g/mol. The molecule has 3 N–H and O–H groups in total. The molecule has 0 saturated carbocycles. The summed E-state index contributed by atoms with van der Waals surface area (Å²) in [6, 6.07) is 9.48. The molecule has 1 aromatic carbocycles. The van der Waals surface area contributed by atoms with Crippen LogP contribution in [-0.4, -0.2) is 15.8 Å². The zero-order valence-electron chi connectivity index (χ0n) is 11.2. The van der Waals surface area contributed by atoms with Crippen LogP contribution in [0.25, 0.3) is 0 Å². The van der Waals surface area contributed by atoms with Gasteiger partial charge in [0.1, 0.15) is 0 Å². The lowest BCUT2D eigenvalue weighted by Gasteiger charge is -2.11. The van der Waals surface area contributed by atoms with Crippen molar-refractivity contribution in [2.24, 2.45) is 5.10 Å². The minimum Gasteiger partial charge on any atom is -0.360 e. The van der Waals surface area contributed by atoms with Crippen LogP contribution in [0.4, 0.5) is 5.69 Å². The Hall–Kier alpha value is -1.85. The Kier molecular flexibility index (Phi) is 4.76. The number of aromatic amines is 1. The van der Waals surface area contributed by atoms with Crippen molar-refractivity contribution in [3.63, 3.8) is 0 Å². The van der Waals surface area contributed by atoms with Crippen molar-refractivity contribution in [3.05, 3.63) is 52.8 Å². The minimum atomic E-state index is 0.418. The Labute approximate surface area is 128 Å². The van der Waals surface area contributed by atoms with Gasteiger partial charge in [-0.15, -0.1) is 0 Å². The van der Waals surface area contributed by atoms with Crippen LogP contribution in [0.5, 0.6) is 0 Å². The first-order valence-electron chi connectivity index (χ1n) is 6.08. The molecule has 0 saturated heterocycles. The SMILES string of the molecule is C/C(=N\NC(=S)Nc1cccc(Cl)c1C)c1ccc[nH]1. The molecule has 0 aliphatic rings.